The van der Waals surface area contributed by atoms with E-state index in [2.05, 4.69) is 24.1 Å². The van der Waals surface area contributed by atoms with Gasteiger partial charge in [0, 0.05) is 46.4 Å². The van der Waals surface area contributed by atoms with Crippen LogP contribution in [-0.2, 0) is 9.47 Å². The van der Waals surface area contributed by atoms with Crippen LogP contribution in [0.5, 0.6) is 0 Å². The molecule has 0 aromatic heterocycles. The van der Waals surface area contributed by atoms with Gasteiger partial charge in [0.25, 0.3) is 0 Å². The maximum Gasteiger partial charge on any atom is 0.0791 e. The monoisotopic (exact) mass is 276 g/mol. The highest BCUT2D eigenvalue weighted by molar-refractivity contribution is 4.73. The van der Waals surface area contributed by atoms with E-state index in [0.717, 1.165) is 25.9 Å². The van der Waals surface area contributed by atoms with Crippen LogP contribution in [0.15, 0.2) is 0 Å². The fourth-order valence-corrected chi connectivity index (χ4v) is 2.21. The number of aliphatic hydroxyl groups excluding tert-OH is 1. The predicted octanol–water partition coefficient (Wildman–Crippen LogP) is 0.720. The van der Waals surface area contributed by atoms with Gasteiger partial charge in [0.1, 0.15) is 0 Å². The summed E-state index contributed by atoms with van der Waals surface area (Å²) in [6, 6.07) is 0.517. The summed E-state index contributed by atoms with van der Waals surface area (Å²) in [5, 5.41) is 13.3. The maximum atomic E-state index is 10.1. The van der Waals surface area contributed by atoms with Crippen molar-refractivity contribution < 1.29 is 14.6 Å². The van der Waals surface area contributed by atoms with Crippen molar-refractivity contribution in [2.75, 3.05) is 53.6 Å². The van der Waals surface area contributed by atoms with Gasteiger partial charge in [0.05, 0.1) is 19.3 Å². The van der Waals surface area contributed by atoms with Gasteiger partial charge in [-0.3, -0.25) is 4.90 Å². The number of rotatable bonds is 13. The van der Waals surface area contributed by atoms with Crippen LogP contribution in [0.25, 0.3) is 0 Å². The number of methoxy groups -OCH3 is 2. The summed E-state index contributed by atoms with van der Waals surface area (Å²) in [5.74, 6) is 0. The number of hydrogen-bond donors (Lipinski definition) is 2. The minimum atomic E-state index is -0.352. The third-order valence-corrected chi connectivity index (χ3v) is 3.35. The molecule has 1 atom stereocenters. The Balaban J connectivity index is 4.06. The summed E-state index contributed by atoms with van der Waals surface area (Å²) >= 11 is 0. The Morgan fingerprint density at radius 2 is 1.74 bits per heavy atom. The summed E-state index contributed by atoms with van der Waals surface area (Å²) in [6.45, 7) is 8.71. The quantitative estimate of drug-likeness (QED) is 0.486. The van der Waals surface area contributed by atoms with Crippen LogP contribution in [0.1, 0.15) is 26.7 Å². The first-order valence-corrected chi connectivity index (χ1v) is 7.30. The van der Waals surface area contributed by atoms with Crippen molar-refractivity contribution in [3.8, 4) is 0 Å². The predicted molar refractivity (Wildman–Crippen MR) is 78.6 cm³/mol. The van der Waals surface area contributed by atoms with E-state index in [1.54, 1.807) is 14.2 Å². The zero-order valence-corrected chi connectivity index (χ0v) is 13.0. The van der Waals surface area contributed by atoms with Crippen LogP contribution in [-0.4, -0.2) is 75.8 Å². The number of nitrogens with zero attached hydrogens (tertiary/aromatic N) is 1. The molecule has 0 amide bonds. The molecular weight excluding hydrogens is 244 g/mol. The van der Waals surface area contributed by atoms with Crippen molar-refractivity contribution in [1.82, 2.24) is 10.2 Å². The molecule has 0 aromatic carbocycles. The van der Waals surface area contributed by atoms with Gasteiger partial charge >= 0.3 is 0 Å². The second-order valence-electron chi connectivity index (χ2n) is 4.81. The third-order valence-electron chi connectivity index (χ3n) is 3.35. The van der Waals surface area contributed by atoms with Gasteiger partial charge in [-0.15, -0.1) is 0 Å². The summed E-state index contributed by atoms with van der Waals surface area (Å²) in [5.41, 5.74) is 0. The van der Waals surface area contributed by atoms with Crippen molar-refractivity contribution in [3.05, 3.63) is 0 Å². The normalized spacial score (nSPS) is 13.4. The third kappa shape index (κ3) is 9.35. The van der Waals surface area contributed by atoms with Gasteiger partial charge in [-0.1, -0.05) is 13.8 Å². The molecule has 5 nitrogen and oxygen atoms in total. The molecule has 1 unspecified atom stereocenters. The zero-order chi connectivity index (χ0) is 14.5. The summed E-state index contributed by atoms with van der Waals surface area (Å²) in [4.78, 5) is 2.33. The molecule has 19 heavy (non-hydrogen) atoms. The lowest BCUT2D eigenvalue weighted by atomic mass is 10.1. The molecule has 0 aromatic rings. The first-order chi connectivity index (χ1) is 9.19. The molecule has 0 bridgehead atoms. The van der Waals surface area contributed by atoms with Gasteiger partial charge in [0.15, 0.2) is 0 Å². The van der Waals surface area contributed by atoms with Crippen molar-refractivity contribution in [2.45, 2.75) is 38.8 Å². The smallest absolute Gasteiger partial charge is 0.0791 e. The molecule has 0 fully saturated rings. The van der Waals surface area contributed by atoms with Crippen molar-refractivity contribution in [1.29, 1.82) is 0 Å². The largest absolute Gasteiger partial charge is 0.390 e. The van der Waals surface area contributed by atoms with Crippen molar-refractivity contribution >= 4 is 0 Å². The van der Waals surface area contributed by atoms with E-state index in [4.69, 9.17) is 9.47 Å². The lowest BCUT2D eigenvalue weighted by molar-refractivity contribution is 0.0602. The Morgan fingerprint density at radius 3 is 2.26 bits per heavy atom. The average Bonchev–Trinajstić information content (AvgIpc) is 2.42. The van der Waals surface area contributed by atoms with E-state index in [-0.39, 0.29) is 6.10 Å². The van der Waals surface area contributed by atoms with Crippen molar-refractivity contribution in [2.24, 2.45) is 0 Å². The first-order valence-electron chi connectivity index (χ1n) is 7.30. The second kappa shape index (κ2) is 12.8. The van der Waals surface area contributed by atoms with Crippen LogP contribution < -0.4 is 5.32 Å². The Hall–Kier alpha value is -0.200. The maximum absolute atomic E-state index is 10.1. The fraction of sp³-hybridized carbons (Fsp3) is 1.00. The van der Waals surface area contributed by atoms with Gasteiger partial charge in [-0.25, -0.2) is 0 Å². The summed E-state index contributed by atoms with van der Waals surface area (Å²) < 4.78 is 10.1. The van der Waals surface area contributed by atoms with Crippen LogP contribution in [0.4, 0.5) is 0 Å². The molecule has 0 aliphatic rings. The van der Waals surface area contributed by atoms with Crippen LogP contribution in [0.2, 0.25) is 0 Å². The molecule has 0 heterocycles. The molecule has 0 rings (SSSR count). The van der Waals surface area contributed by atoms with Crippen LogP contribution in [0.3, 0.4) is 0 Å². The van der Waals surface area contributed by atoms with Gasteiger partial charge in [-0.05, 0) is 12.8 Å². The molecule has 0 radical (unpaired) electrons. The zero-order valence-electron chi connectivity index (χ0n) is 13.0. The topological polar surface area (TPSA) is 54.0 Å². The molecule has 0 spiro atoms. The number of aliphatic hydroxyl groups is 1. The Labute approximate surface area is 118 Å². The molecule has 0 saturated carbocycles. The van der Waals surface area contributed by atoms with Crippen LogP contribution in [0, 0.1) is 0 Å². The molecule has 116 valence electrons. The molecule has 0 aliphatic heterocycles. The molecule has 0 saturated heterocycles. The Kier molecular flexibility index (Phi) is 12.7. The molecular formula is C14H32N2O3. The molecule has 5 heteroatoms. The fourth-order valence-electron chi connectivity index (χ4n) is 2.21. The number of ether oxygens (including phenoxy) is 2. The van der Waals surface area contributed by atoms with E-state index in [1.807, 2.05) is 0 Å². The van der Waals surface area contributed by atoms with E-state index in [1.165, 1.54) is 0 Å². The highest BCUT2D eigenvalue weighted by atomic mass is 16.5. The number of nitrogens with one attached hydrogen (secondary N) is 1. The minimum absolute atomic E-state index is 0.352. The highest BCUT2D eigenvalue weighted by Gasteiger charge is 2.18. The van der Waals surface area contributed by atoms with Crippen LogP contribution >= 0.6 is 0 Å². The lowest BCUT2D eigenvalue weighted by Crippen LogP contribution is -2.45. The SMILES string of the molecule is CCC(CC)N(CCOC)CC(O)CNCCOC. The van der Waals surface area contributed by atoms with Gasteiger partial charge in [-0.2, -0.15) is 0 Å². The molecule has 0 aliphatic carbocycles. The van der Waals surface area contributed by atoms with E-state index >= 15 is 0 Å². The highest BCUT2D eigenvalue weighted by Crippen LogP contribution is 2.09. The van der Waals surface area contributed by atoms with E-state index in [9.17, 15) is 5.11 Å². The minimum Gasteiger partial charge on any atom is -0.390 e. The molecule has 2 N–H and O–H groups in total. The standard InChI is InChI=1S/C14H32N2O3/c1-5-13(6-2)16(8-10-19-4)12-14(17)11-15-7-9-18-3/h13-15,17H,5-12H2,1-4H3. The van der Waals surface area contributed by atoms with E-state index in [0.29, 0.717) is 32.3 Å². The second-order valence-corrected chi connectivity index (χ2v) is 4.81. The van der Waals surface area contributed by atoms with Gasteiger partial charge in [0.2, 0.25) is 0 Å². The van der Waals surface area contributed by atoms with Crippen molar-refractivity contribution in [3.63, 3.8) is 0 Å². The average molecular weight is 276 g/mol. The Morgan fingerprint density at radius 1 is 1.11 bits per heavy atom. The first kappa shape index (κ1) is 18.8. The van der Waals surface area contributed by atoms with E-state index < -0.39 is 0 Å². The lowest BCUT2D eigenvalue weighted by Gasteiger charge is -2.32. The summed E-state index contributed by atoms with van der Waals surface area (Å²) in [6.07, 6.45) is 1.85. The van der Waals surface area contributed by atoms with Gasteiger partial charge < -0.3 is 19.9 Å². The summed E-state index contributed by atoms with van der Waals surface area (Å²) in [7, 11) is 3.39. The number of hydrogen-bond acceptors (Lipinski definition) is 5. The Bertz CT molecular complexity index is 190.